The van der Waals surface area contributed by atoms with Crippen LogP contribution in [-0.2, 0) is 6.42 Å². The number of phenolic OH excluding ortho intramolecular Hbond substituents is 1. The van der Waals surface area contributed by atoms with Crippen molar-refractivity contribution < 1.29 is 5.11 Å². The molecule has 0 atom stereocenters. The zero-order valence-corrected chi connectivity index (χ0v) is 7.99. The second-order valence-electron chi connectivity index (χ2n) is 2.51. The number of aryl methyl sites for hydroxylation is 1. The molecule has 1 radical (unpaired) electrons. The number of hydrogen-bond donors (Lipinski definition) is 1. The summed E-state index contributed by atoms with van der Waals surface area (Å²) in [7, 11) is 0. The van der Waals surface area contributed by atoms with Gasteiger partial charge in [-0.25, -0.2) is 0 Å². The first kappa shape index (κ1) is 9.69. The highest BCUT2D eigenvalue weighted by Crippen LogP contribution is 2.32. The molecular weight excluding hydrogens is 195 g/mol. The van der Waals surface area contributed by atoms with E-state index < -0.39 is 0 Å². The molecule has 0 spiro atoms. The second-order valence-corrected chi connectivity index (χ2v) is 3.33. The highest BCUT2D eigenvalue weighted by molar-refractivity contribution is 6.37. The van der Waals surface area contributed by atoms with Crippen molar-refractivity contribution in [1.82, 2.24) is 0 Å². The summed E-state index contributed by atoms with van der Waals surface area (Å²) in [4.78, 5) is 0. The van der Waals surface area contributed by atoms with E-state index in [4.69, 9.17) is 23.2 Å². The van der Waals surface area contributed by atoms with Gasteiger partial charge in [-0.3, -0.25) is 0 Å². The maximum Gasteiger partial charge on any atom is 0.152 e. The number of phenols is 1. The Balaban J connectivity index is 3.04. The van der Waals surface area contributed by atoms with E-state index in [1.165, 1.54) is 0 Å². The van der Waals surface area contributed by atoms with Crippen LogP contribution in [0.3, 0.4) is 0 Å². The van der Waals surface area contributed by atoms with Crippen molar-refractivity contribution in [3.63, 3.8) is 0 Å². The quantitative estimate of drug-likeness (QED) is 0.781. The van der Waals surface area contributed by atoms with Crippen molar-refractivity contribution in [2.75, 3.05) is 0 Å². The summed E-state index contributed by atoms with van der Waals surface area (Å²) in [6.07, 6.45) is 1.61. The molecule has 0 fully saturated rings. The van der Waals surface area contributed by atoms with Crippen LogP contribution in [-0.4, -0.2) is 5.11 Å². The Bertz CT molecular complexity index is 261. The molecule has 1 rings (SSSR count). The van der Waals surface area contributed by atoms with Gasteiger partial charge in [-0.15, -0.1) is 0 Å². The topological polar surface area (TPSA) is 20.2 Å². The van der Waals surface area contributed by atoms with Gasteiger partial charge in [0.2, 0.25) is 0 Å². The van der Waals surface area contributed by atoms with Gasteiger partial charge in [0.05, 0.1) is 10.0 Å². The molecule has 12 heavy (non-hydrogen) atoms. The summed E-state index contributed by atoms with van der Waals surface area (Å²) < 4.78 is 0. The third-order valence-electron chi connectivity index (χ3n) is 1.54. The van der Waals surface area contributed by atoms with E-state index in [1.54, 1.807) is 12.1 Å². The normalized spacial score (nSPS) is 10.2. The molecule has 0 aromatic heterocycles. The minimum Gasteiger partial charge on any atom is -0.505 e. The van der Waals surface area contributed by atoms with E-state index in [0.717, 1.165) is 18.4 Å². The molecule has 0 unspecified atom stereocenters. The lowest BCUT2D eigenvalue weighted by Gasteiger charge is -2.03. The fourth-order valence-corrected chi connectivity index (χ4v) is 1.50. The molecule has 0 aliphatic heterocycles. The van der Waals surface area contributed by atoms with Crippen LogP contribution in [0, 0.1) is 6.92 Å². The van der Waals surface area contributed by atoms with E-state index >= 15 is 0 Å². The Morgan fingerprint density at radius 1 is 1.25 bits per heavy atom. The second kappa shape index (κ2) is 4.01. The van der Waals surface area contributed by atoms with Gasteiger partial charge in [0, 0.05) is 0 Å². The lowest BCUT2D eigenvalue weighted by Crippen LogP contribution is -1.83. The largest absolute Gasteiger partial charge is 0.505 e. The summed E-state index contributed by atoms with van der Waals surface area (Å²) in [6.45, 7) is 3.71. The van der Waals surface area contributed by atoms with Gasteiger partial charge in [0.15, 0.2) is 5.75 Å². The number of halogens is 2. The molecule has 0 bridgehead atoms. The zero-order chi connectivity index (χ0) is 9.14. The molecule has 1 nitrogen and oxygen atoms in total. The lowest BCUT2D eigenvalue weighted by atomic mass is 10.1. The summed E-state index contributed by atoms with van der Waals surface area (Å²) in [5.41, 5.74) is 0.998. The summed E-state index contributed by atoms with van der Waals surface area (Å²) in [5.74, 6) is -0.0499. The lowest BCUT2D eigenvalue weighted by molar-refractivity contribution is 0.475. The van der Waals surface area contributed by atoms with Crippen LogP contribution >= 0.6 is 23.2 Å². The Labute approximate surface area is 81.9 Å². The molecule has 65 valence electrons. The van der Waals surface area contributed by atoms with Gasteiger partial charge in [-0.2, -0.15) is 0 Å². The summed E-state index contributed by atoms with van der Waals surface area (Å²) in [5, 5.41) is 9.81. The summed E-state index contributed by atoms with van der Waals surface area (Å²) >= 11 is 11.4. The molecule has 1 N–H and O–H groups in total. The third kappa shape index (κ3) is 2.05. The average molecular weight is 204 g/mol. The molecule has 1 aromatic rings. The van der Waals surface area contributed by atoms with E-state index in [1.807, 2.05) is 0 Å². The minimum absolute atomic E-state index is 0.0499. The highest BCUT2D eigenvalue weighted by Gasteiger charge is 2.05. The predicted octanol–water partition coefficient (Wildman–Crippen LogP) is 3.47. The van der Waals surface area contributed by atoms with Gasteiger partial charge in [0.25, 0.3) is 0 Å². The maximum absolute atomic E-state index is 9.22. The van der Waals surface area contributed by atoms with Crippen LogP contribution in [0.25, 0.3) is 0 Å². The first-order chi connectivity index (χ1) is 5.65. The zero-order valence-electron chi connectivity index (χ0n) is 6.48. The van der Waals surface area contributed by atoms with E-state index in [-0.39, 0.29) is 5.75 Å². The van der Waals surface area contributed by atoms with Crippen molar-refractivity contribution in [3.05, 3.63) is 34.7 Å². The number of rotatable bonds is 2. The molecule has 1 aromatic carbocycles. The van der Waals surface area contributed by atoms with Crippen molar-refractivity contribution in [1.29, 1.82) is 0 Å². The summed E-state index contributed by atoms with van der Waals surface area (Å²) in [6, 6.07) is 3.40. The van der Waals surface area contributed by atoms with Crippen molar-refractivity contribution in [2.45, 2.75) is 12.8 Å². The molecule has 0 aliphatic carbocycles. The molecule has 0 saturated heterocycles. The monoisotopic (exact) mass is 203 g/mol. The van der Waals surface area contributed by atoms with Gasteiger partial charge >= 0.3 is 0 Å². The Kier molecular flexibility index (Phi) is 3.24. The van der Waals surface area contributed by atoms with Crippen molar-refractivity contribution >= 4 is 23.2 Å². The first-order valence-corrected chi connectivity index (χ1v) is 4.37. The standard InChI is InChI=1S/C9H9Cl2O/c1-2-3-6-4-7(10)9(12)8(11)5-6/h4-5,12H,1-3H2. The Morgan fingerprint density at radius 3 is 2.17 bits per heavy atom. The molecule has 0 saturated carbocycles. The van der Waals surface area contributed by atoms with E-state index in [0.29, 0.717) is 10.0 Å². The van der Waals surface area contributed by atoms with Crippen LogP contribution in [0.5, 0.6) is 5.75 Å². The van der Waals surface area contributed by atoms with Crippen molar-refractivity contribution in [2.24, 2.45) is 0 Å². The molecule has 0 heterocycles. The molecular formula is C9H9Cl2O. The SMILES string of the molecule is [CH2]CCc1cc(Cl)c(O)c(Cl)c1. The number of benzene rings is 1. The maximum atomic E-state index is 9.22. The third-order valence-corrected chi connectivity index (χ3v) is 2.12. The van der Waals surface area contributed by atoms with E-state index in [2.05, 4.69) is 6.92 Å². The van der Waals surface area contributed by atoms with Gasteiger partial charge in [0.1, 0.15) is 0 Å². The smallest absolute Gasteiger partial charge is 0.152 e. The van der Waals surface area contributed by atoms with Crippen LogP contribution in [0.1, 0.15) is 12.0 Å². The Morgan fingerprint density at radius 2 is 1.75 bits per heavy atom. The number of aromatic hydroxyl groups is 1. The van der Waals surface area contributed by atoms with Crippen LogP contribution < -0.4 is 0 Å². The minimum atomic E-state index is -0.0499. The number of hydrogen-bond acceptors (Lipinski definition) is 1. The van der Waals surface area contributed by atoms with Crippen LogP contribution in [0.4, 0.5) is 0 Å². The van der Waals surface area contributed by atoms with Crippen LogP contribution in [0.2, 0.25) is 10.0 Å². The fourth-order valence-electron chi connectivity index (χ4n) is 0.966. The van der Waals surface area contributed by atoms with Crippen molar-refractivity contribution in [3.8, 4) is 5.75 Å². The van der Waals surface area contributed by atoms with Gasteiger partial charge in [-0.1, -0.05) is 30.1 Å². The predicted molar refractivity (Wildman–Crippen MR) is 51.8 cm³/mol. The highest BCUT2D eigenvalue weighted by atomic mass is 35.5. The van der Waals surface area contributed by atoms with E-state index in [9.17, 15) is 5.11 Å². The van der Waals surface area contributed by atoms with Gasteiger partial charge in [-0.05, 0) is 30.5 Å². The average Bonchev–Trinajstić information content (AvgIpc) is 2.01. The fraction of sp³-hybridized carbons (Fsp3) is 0.222. The molecule has 0 aliphatic rings. The molecule has 3 heteroatoms. The van der Waals surface area contributed by atoms with Gasteiger partial charge < -0.3 is 5.11 Å². The molecule has 0 amide bonds. The Hall–Kier alpha value is -0.400. The first-order valence-electron chi connectivity index (χ1n) is 3.61. The van der Waals surface area contributed by atoms with Crippen LogP contribution in [0.15, 0.2) is 12.1 Å².